The van der Waals surface area contributed by atoms with E-state index in [1.54, 1.807) is 29.7 Å². The van der Waals surface area contributed by atoms with Crippen LogP contribution in [0.3, 0.4) is 0 Å². The van der Waals surface area contributed by atoms with Crippen LogP contribution in [0.15, 0.2) is 18.2 Å². The Morgan fingerprint density at radius 3 is 2.55 bits per heavy atom. The predicted octanol–water partition coefficient (Wildman–Crippen LogP) is 3.46. The quantitative estimate of drug-likeness (QED) is 0.681. The van der Waals surface area contributed by atoms with Gasteiger partial charge in [0.2, 0.25) is 5.91 Å². The van der Waals surface area contributed by atoms with Crippen LogP contribution in [-0.2, 0) is 14.3 Å². The van der Waals surface area contributed by atoms with Crippen LogP contribution in [0, 0.1) is 24.6 Å². The Kier molecular flexibility index (Phi) is 8.32. The number of likely N-dealkylation sites (tertiary alicyclic amines) is 2. The number of ether oxygens (including phenoxy) is 1. The third-order valence-electron chi connectivity index (χ3n) is 6.51. The summed E-state index contributed by atoms with van der Waals surface area (Å²) >= 11 is 0. The lowest BCUT2D eigenvalue weighted by molar-refractivity contribution is -0.152. The van der Waals surface area contributed by atoms with Crippen molar-refractivity contribution in [3.8, 4) is 0 Å². The number of esters is 1. The standard InChI is InChI=1S/C25H36FN3O4/c1-5-33-24(31)19-7-6-10-28(13-19)23(30)21-12-20(18-8-9-22(26)17(4)11-18)14-29(15-21)25(32)27-16(2)3/h8-9,11,16,19-21H,5-7,10,12-15H2,1-4H3,(H,27,32)/t19-,20+,21+/m1/s1. The maximum atomic E-state index is 13.8. The van der Waals surface area contributed by atoms with Gasteiger partial charge < -0.3 is 19.9 Å². The minimum atomic E-state index is -0.382. The summed E-state index contributed by atoms with van der Waals surface area (Å²) in [6.07, 6.45) is 2.05. The molecule has 3 amide bonds. The molecule has 2 heterocycles. The van der Waals surface area contributed by atoms with Crippen LogP contribution in [0.4, 0.5) is 9.18 Å². The van der Waals surface area contributed by atoms with Crippen LogP contribution in [0.5, 0.6) is 0 Å². The average molecular weight is 462 g/mol. The molecule has 1 N–H and O–H groups in total. The van der Waals surface area contributed by atoms with Crippen LogP contribution >= 0.6 is 0 Å². The van der Waals surface area contributed by atoms with Gasteiger partial charge in [-0.25, -0.2) is 9.18 Å². The molecule has 0 unspecified atom stereocenters. The van der Waals surface area contributed by atoms with E-state index in [1.165, 1.54) is 6.07 Å². The molecule has 2 fully saturated rings. The van der Waals surface area contributed by atoms with Crippen molar-refractivity contribution in [1.29, 1.82) is 0 Å². The third-order valence-corrected chi connectivity index (χ3v) is 6.51. The fourth-order valence-electron chi connectivity index (χ4n) is 4.83. The van der Waals surface area contributed by atoms with Gasteiger partial charge >= 0.3 is 12.0 Å². The molecule has 0 spiro atoms. The number of aryl methyl sites for hydroxylation is 1. The van der Waals surface area contributed by atoms with Crippen molar-refractivity contribution < 1.29 is 23.5 Å². The molecule has 0 aromatic heterocycles. The number of piperidine rings is 2. The first-order valence-corrected chi connectivity index (χ1v) is 12.0. The summed E-state index contributed by atoms with van der Waals surface area (Å²) in [5, 5.41) is 2.92. The van der Waals surface area contributed by atoms with E-state index in [0.29, 0.717) is 51.2 Å². The highest BCUT2D eigenvalue weighted by Crippen LogP contribution is 2.33. The number of rotatable bonds is 5. The van der Waals surface area contributed by atoms with Crippen molar-refractivity contribution >= 4 is 17.9 Å². The topological polar surface area (TPSA) is 79.0 Å². The Hall–Kier alpha value is -2.64. The van der Waals surface area contributed by atoms with Gasteiger partial charge in [0.25, 0.3) is 0 Å². The molecule has 1 aromatic rings. The first-order chi connectivity index (χ1) is 15.7. The van der Waals surface area contributed by atoms with Gasteiger partial charge in [0.15, 0.2) is 0 Å². The van der Waals surface area contributed by atoms with Gasteiger partial charge in [0, 0.05) is 38.1 Å². The number of nitrogens with one attached hydrogen (secondary N) is 1. The van der Waals surface area contributed by atoms with E-state index < -0.39 is 0 Å². The zero-order chi connectivity index (χ0) is 24.1. The summed E-state index contributed by atoms with van der Waals surface area (Å²) in [5.41, 5.74) is 1.48. The normalized spacial score (nSPS) is 23.4. The highest BCUT2D eigenvalue weighted by molar-refractivity contribution is 5.82. The average Bonchev–Trinajstić information content (AvgIpc) is 2.80. The zero-order valence-electron chi connectivity index (χ0n) is 20.1. The van der Waals surface area contributed by atoms with Crippen molar-refractivity contribution in [2.24, 2.45) is 11.8 Å². The Bertz CT molecular complexity index is 875. The summed E-state index contributed by atoms with van der Waals surface area (Å²) in [4.78, 5) is 42.0. The van der Waals surface area contributed by atoms with E-state index in [4.69, 9.17) is 4.74 Å². The van der Waals surface area contributed by atoms with Crippen LogP contribution < -0.4 is 5.32 Å². The molecule has 7 nitrogen and oxygen atoms in total. The summed E-state index contributed by atoms with van der Waals surface area (Å²) in [6, 6.07) is 4.78. The van der Waals surface area contributed by atoms with Gasteiger partial charge in [-0.1, -0.05) is 12.1 Å². The third kappa shape index (κ3) is 6.24. The molecular weight excluding hydrogens is 425 g/mol. The number of carbonyl (C=O) groups is 3. The summed E-state index contributed by atoms with van der Waals surface area (Å²) in [6.45, 7) is 9.37. The maximum Gasteiger partial charge on any atom is 0.317 e. The van der Waals surface area contributed by atoms with Crippen molar-refractivity contribution in [2.75, 3.05) is 32.8 Å². The Balaban J connectivity index is 1.79. The molecule has 2 aliphatic rings. The molecular formula is C25H36FN3O4. The molecule has 33 heavy (non-hydrogen) atoms. The molecule has 3 rings (SSSR count). The predicted molar refractivity (Wildman–Crippen MR) is 123 cm³/mol. The highest BCUT2D eigenvalue weighted by Gasteiger charge is 2.38. The molecule has 0 radical (unpaired) electrons. The van der Waals surface area contributed by atoms with E-state index in [-0.39, 0.29) is 47.5 Å². The molecule has 0 bridgehead atoms. The molecule has 182 valence electrons. The number of urea groups is 1. The van der Waals surface area contributed by atoms with Gasteiger partial charge in [-0.15, -0.1) is 0 Å². The SMILES string of the molecule is CCOC(=O)[C@@H]1CCCN(C(=O)[C@H]2C[C@H](c3ccc(F)c(C)c3)CN(C(=O)NC(C)C)C2)C1. The monoisotopic (exact) mass is 461 g/mol. The van der Waals surface area contributed by atoms with Crippen LogP contribution in [0.1, 0.15) is 57.1 Å². The van der Waals surface area contributed by atoms with Crippen LogP contribution in [0.2, 0.25) is 0 Å². The van der Waals surface area contributed by atoms with E-state index >= 15 is 0 Å². The van der Waals surface area contributed by atoms with E-state index in [0.717, 1.165) is 12.0 Å². The van der Waals surface area contributed by atoms with Crippen molar-refractivity contribution in [3.63, 3.8) is 0 Å². The fourth-order valence-corrected chi connectivity index (χ4v) is 4.83. The smallest absolute Gasteiger partial charge is 0.317 e. The number of hydrogen-bond acceptors (Lipinski definition) is 4. The molecule has 1 aromatic carbocycles. The lowest BCUT2D eigenvalue weighted by Gasteiger charge is -2.41. The van der Waals surface area contributed by atoms with Crippen molar-refractivity contribution in [2.45, 2.75) is 58.9 Å². The largest absolute Gasteiger partial charge is 0.466 e. The van der Waals surface area contributed by atoms with E-state index in [9.17, 15) is 18.8 Å². The molecule has 0 saturated carbocycles. The van der Waals surface area contributed by atoms with Gasteiger partial charge in [0.1, 0.15) is 5.82 Å². The Morgan fingerprint density at radius 2 is 1.88 bits per heavy atom. The van der Waals surface area contributed by atoms with Crippen LogP contribution in [0.25, 0.3) is 0 Å². The first kappa shape index (κ1) is 25.0. The Labute approximate surface area is 195 Å². The number of amides is 3. The number of nitrogens with zero attached hydrogens (tertiary/aromatic N) is 2. The fraction of sp³-hybridized carbons (Fsp3) is 0.640. The number of benzene rings is 1. The van der Waals surface area contributed by atoms with Gasteiger partial charge in [-0.3, -0.25) is 9.59 Å². The van der Waals surface area contributed by atoms with Crippen molar-refractivity contribution in [3.05, 3.63) is 35.1 Å². The van der Waals surface area contributed by atoms with Crippen LogP contribution in [-0.4, -0.2) is 66.5 Å². The second kappa shape index (κ2) is 11.0. The first-order valence-electron chi connectivity index (χ1n) is 12.0. The summed E-state index contributed by atoms with van der Waals surface area (Å²) < 4.78 is 19.0. The molecule has 2 saturated heterocycles. The minimum absolute atomic E-state index is 0.0208. The van der Waals surface area contributed by atoms with Gasteiger partial charge in [-0.2, -0.15) is 0 Å². The van der Waals surface area contributed by atoms with Crippen molar-refractivity contribution in [1.82, 2.24) is 15.1 Å². The highest BCUT2D eigenvalue weighted by atomic mass is 19.1. The molecule has 8 heteroatoms. The molecule has 3 atom stereocenters. The van der Waals surface area contributed by atoms with Gasteiger partial charge in [0.05, 0.1) is 18.4 Å². The summed E-state index contributed by atoms with van der Waals surface area (Å²) in [5.74, 6) is -1.31. The lowest BCUT2D eigenvalue weighted by atomic mass is 9.83. The Morgan fingerprint density at radius 1 is 1.15 bits per heavy atom. The van der Waals surface area contributed by atoms with E-state index in [1.807, 2.05) is 19.9 Å². The number of carbonyl (C=O) groups excluding carboxylic acids is 3. The molecule has 0 aliphatic carbocycles. The minimum Gasteiger partial charge on any atom is -0.466 e. The maximum absolute atomic E-state index is 13.8. The van der Waals surface area contributed by atoms with Gasteiger partial charge in [-0.05, 0) is 64.2 Å². The van der Waals surface area contributed by atoms with E-state index in [2.05, 4.69) is 5.32 Å². The number of halogens is 1. The lowest BCUT2D eigenvalue weighted by Crippen LogP contribution is -2.54. The molecule has 2 aliphatic heterocycles. The summed E-state index contributed by atoms with van der Waals surface area (Å²) in [7, 11) is 0. The zero-order valence-corrected chi connectivity index (χ0v) is 20.1. The second-order valence-corrected chi connectivity index (χ2v) is 9.52. The second-order valence-electron chi connectivity index (χ2n) is 9.52. The number of hydrogen-bond donors (Lipinski definition) is 1.